The number of rotatable bonds is 1. The van der Waals surface area contributed by atoms with E-state index < -0.39 is 0 Å². The molecule has 0 aromatic carbocycles. The number of hydrogen-bond donors (Lipinski definition) is 0. The van der Waals surface area contributed by atoms with Crippen molar-refractivity contribution in [3.63, 3.8) is 0 Å². The van der Waals surface area contributed by atoms with Gasteiger partial charge in [-0.05, 0) is 31.1 Å². The lowest BCUT2D eigenvalue weighted by Crippen LogP contribution is -2.39. The Kier molecular flexibility index (Phi) is 3.11. The summed E-state index contributed by atoms with van der Waals surface area (Å²) >= 11 is 1.71. The van der Waals surface area contributed by atoms with Crippen molar-refractivity contribution in [1.29, 1.82) is 0 Å². The summed E-state index contributed by atoms with van der Waals surface area (Å²) in [6, 6.07) is 0. The molecule has 1 amide bonds. The average molecular weight is 215 g/mol. The van der Waals surface area contributed by atoms with Gasteiger partial charge in [0.15, 0.2) is 0 Å². The summed E-state index contributed by atoms with van der Waals surface area (Å²) in [4.78, 5) is 13.5. The third-order valence-corrected chi connectivity index (χ3v) is 3.99. The summed E-state index contributed by atoms with van der Waals surface area (Å²) < 4.78 is 12.9. The van der Waals surface area contributed by atoms with Gasteiger partial charge in [-0.1, -0.05) is 0 Å². The van der Waals surface area contributed by atoms with Crippen LogP contribution in [0, 0.1) is 0 Å². The summed E-state index contributed by atoms with van der Waals surface area (Å²) in [6.45, 7) is 0.874. The summed E-state index contributed by atoms with van der Waals surface area (Å²) in [5.41, 5.74) is 0. The van der Waals surface area contributed by atoms with Gasteiger partial charge in [-0.25, -0.2) is 4.39 Å². The zero-order chi connectivity index (χ0) is 9.97. The Labute approximate surface area is 87.5 Å². The minimum atomic E-state index is -0.160. The molecule has 0 aliphatic carbocycles. The molecule has 0 bridgehead atoms. The first-order chi connectivity index (χ1) is 6.77. The van der Waals surface area contributed by atoms with Crippen LogP contribution in [0.3, 0.4) is 0 Å². The maximum atomic E-state index is 12.9. The van der Waals surface area contributed by atoms with Crippen molar-refractivity contribution in [2.75, 3.05) is 18.8 Å². The molecule has 0 spiro atoms. The van der Waals surface area contributed by atoms with Crippen LogP contribution >= 0.6 is 11.8 Å². The molecule has 0 N–H and O–H groups in total. The van der Waals surface area contributed by atoms with Crippen LogP contribution in [0.5, 0.6) is 0 Å². The Morgan fingerprint density at radius 1 is 1.64 bits per heavy atom. The molecule has 0 aromatic heterocycles. The first kappa shape index (κ1) is 10.0. The lowest BCUT2D eigenvalue weighted by atomic mass is 10.2. The third kappa shape index (κ3) is 2.11. The van der Waals surface area contributed by atoms with Gasteiger partial charge < -0.3 is 4.90 Å². The normalized spacial score (nSPS) is 27.6. The molecule has 1 atom stereocenters. The SMILES string of the molecule is O=C([C@H]1CCCS1)N1CCC=C(F)C1. The molecule has 1 saturated heterocycles. The van der Waals surface area contributed by atoms with Crippen LogP contribution in [0.15, 0.2) is 11.9 Å². The van der Waals surface area contributed by atoms with E-state index in [-0.39, 0.29) is 23.5 Å². The van der Waals surface area contributed by atoms with Crippen LogP contribution in [0.4, 0.5) is 4.39 Å². The van der Waals surface area contributed by atoms with E-state index in [2.05, 4.69) is 0 Å². The van der Waals surface area contributed by atoms with E-state index in [4.69, 9.17) is 0 Å². The molecule has 0 radical (unpaired) electrons. The van der Waals surface area contributed by atoms with E-state index >= 15 is 0 Å². The van der Waals surface area contributed by atoms with Crippen LogP contribution < -0.4 is 0 Å². The van der Waals surface area contributed by atoms with Crippen LogP contribution in [0.1, 0.15) is 19.3 Å². The molecular formula is C10H14FNOS. The Balaban J connectivity index is 1.94. The number of amides is 1. The number of carbonyl (C=O) groups is 1. The zero-order valence-electron chi connectivity index (χ0n) is 8.04. The Bertz CT molecular complexity index is 261. The van der Waals surface area contributed by atoms with E-state index in [0.29, 0.717) is 13.0 Å². The van der Waals surface area contributed by atoms with Crippen molar-refractivity contribution < 1.29 is 9.18 Å². The highest BCUT2D eigenvalue weighted by Crippen LogP contribution is 2.28. The van der Waals surface area contributed by atoms with E-state index in [1.807, 2.05) is 0 Å². The second-order valence-electron chi connectivity index (χ2n) is 3.70. The standard InChI is InChI=1S/C10H14FNOS/c11-8-3-1-5-12(7-8)10(13)9-4-2-6-14-9/h3,9H,1-2,4-7H2/t9-/m1/s1. The van der Waals surface area contributed by atoms with E-state index in [1.54, 1.807) is 22.7 Å². The van der Waals surface area contributed by atoms with Crippen molar-refractivity contribution in [2.45, 2.75) is 24.5 Å². The number of halogens is 1. The zero-order valence-corrected chi connectivity index (χ0v) is 8.86. The summed E-state index contributed by atoms with van der Waals surface area (Å²) in [6.07, 6.45) is 4.32. The lowest BCUT2D eigenvalue weighted by molar-refractivity contribution is -0.130. The minimum Gasteiger partial charge on any atom is -0.335 e. The smallest absolute Gasteiger partial charge is 0.236 e. The van der Waals surface area contributed by atoms with Crippen LogP contribution in [-0.4, -0.2) is 34.9 Å². The van der Waals surface area contributed by atoms with Gasteiger partial charge >= 0.3 is 0 Å². The first-order valence-corrected chi connectivity index (χ1v) is 6.07. The number of nitrogens with zero attached hydrogens (tertiary/aromatic N) is 1. The maximum absolute atomic E-state index is 12.9. The quantitative estimate of drug-likeness (QED) is 0.666. The van der Waals surface area contributed by atoms with Crippen LogP contribution in [0.2, 0.25) is 0 Å². The predicted octanol–water partition coefficient (Wildman–Crippen LogP) is 1.97. The van der Waals surface area contributed by atoms with E-state index in [1.165, 1.54) is 0 Å². The molecule has 0 saturated carbocycles. The summed E-state index contributed by atoms with van der Waals surface area (Å²) in [7, 11) is 0. The number of hydrogen-bond acceptors (Lipinski definition) is 2. The molecule has 0 aromatic rings. The molecule has 0 unspecified atom stereocenters. The highest BCUT2D eigenvalue weighted by atomic mass is 32.2. The number of carbonyl (C=O) groups excluding carboxylic acids is 1. The second-order valence-corrected chi connectivity index (χ2v) is 5.01. The van der Waals surface area contributed by atoms with Gasteiger partial charge in [-0.3, -0.25) is 4.79 Å². The molecule has 78 valence electrons. The van der Waals surface area contributed by atoms with Crippen molar-refractivity contribution in [1.82, 2.24) is 4.90 Å². The molecular weight excluding hydrogens is 201 g/mol. The Morgan fingerprint density at radius 3 is 3.14 bits per heavy atom. The van der Waals surface area contributed by atoms with Crippen molar-refractivity contribution >= 4 is 17.7 Å². The highest BCUT2D eigenvalue weighted by molar-refractivity contribution is 8.00. The summed E-state index contributed by atoms with van der Waals surface area (Å²) in [5.74, 6) is 1.05. The maximum Gasteiger partial charge on any atom is 0.236 e. The Morgan fingerprint density at radius 2 is 2.50 bits per heavy atom. The Hall–Kier alpha value is -0.510. The predicted molar refractivity (Wildman–Crippen MR) is 55.9 cm³/mol. The lowest BCUT2D eigenvalue weighted by Gasteiger charge is -2.26. The fraction of sp³-hybridized carbons (Fsp3) is 0.700. The fourth-order valence-electron chi connectivity index (χ4n) is 1.87. The first-order valence-electron chi connectivity index (χ1n) is 5.02. The van der Waals surface area contributed by atoms with Crippen molar-refractivity contribution in [3.05, 3.63) is 11.9 Å². The van der Waals surface area contributed by atoms with Crippen molar-refractivity contribution in [2.24, 2.45) is 0 Å². The molecule has 2 rings (SSSR count). The fourth-order valence-corrected chi connectivity index (χ4v) is 3.11. The summed E-state index contributed by atoms with van der Waals surface area (Å²) in [5, 5.41) is 0.0981. The largest absolute Gasteiger partial charge is 0.335 e. The van der Waals surface area contributed by atoms with Gasteiger partial charge in [0, 0.05) is 6.54 Å². The molecule has 2 aliphatic rings. The molecule has 2 aliphatic heterocycles. The van der Waals surface area contributed by atoms with Gasteiger partial charge in [0.05, 0.1) is 11.8 Å². The minimum absolute atomic E-state index is 0.0981. The van der Waals surface area contributed by atoms with Crippen LogP contribution in [0.25, 0.3) is 0 Å². The topological polar surface area (TPSA) is 20.3 Å². The van der Waals surface area contributed by atoms with Gasteiger partial charge in [0.25, 0.3) is 0 Å². The molecule has 2 heterocycles. The third-order valence-electron chi connectivity index (χ3n) is 2.62. The number of thioether (sulfide) groups is 1. The monoisotopic (exact) mass is 215 g/mol. The molecule has 14 heavy (non-hydrogen) atoms. The average Bonchev–Trinajstić information content (AvgIpc) is 2.69. The molecule has 2 nitrogen and oxygen atoms in total. The highest BCUT2D eigenvalue weighted by Gasteiger charge is 2.28. The van der Waals surface area contributed by atoms with Gasteiger partial charge in [0.2, 0.25) is 5.91 Å². The van der Waals surface area contributed by atoms with E-state index in [0.717, 1.165) is 18.6 Å². The van der Waals surface area contributed by atoms with Gasteiger partial charge in [-0.15, -0.1) is 11.8 Å². The second kappa shape index (κ2) is 4.34. The van der Waals surface area contributed by atoms with Gasteiger partial charge in [-0.2, -0.15) is 0 Å². The van der Waals surface area contributed by atoms with E-state index in [9.17, 15) is 9.18 Å². The van der Waals surface area contributed by atoms with Crippen LogP contribution in [-0.2, 0) is 4.79 Å². The molecule has 1 fully saturated rings. The van der Waals surface area contributed by atoms with Crippen molar-refractivity contribution in [3.8, 4) is 0 Å². The van der Waals surface area contributed by atoms with Gasteiger partial charge in [0.1, 0.15) is 5.83 Å². The molecule has 4 heteroatoms.